The summed E-state index contributed by atoms with van der Waals surface area (Å²) in [4.78, 5) is 4.09. The Morgan fingerprint density at radius 1 is 1.32 bits per heavy atom. The second-order valence-electron chi connectivity index (χ2n) is 4.77. The zero-order valence-corrected chi connectivity index (χ0v) is 10.5. The molecule has 1 aliphatic rings. The number of aliphatic hydroxyl groups is 1. The SMILES string of the molecule is Cc1ccncc1C1C[C@H](O)c2cc(F)ccc2O1. The molecule has 0 aliphatic carbocycles. The smallest absolute Gasteiger partial charge is 0.128 e. The van der Waals surface area contributed by atoms with E-state index in [4.69, 9.17) is 4.74 Å². The van der Waals surface area contributed by atoms with Gasteiger partial charge in [-0.05, 0) is 36.8 Å². The quantitative estimate of drug-likeness (QED) is 0.855. The molecular formula is C15H14FNO2. The van der Waals surface area contributed by atoms with Crippen LogP contribution in [0.25, 0.3) is 0 Å². The molecule has 19 heavy (non-hydrogen) atoms. The number of aromatic nitrogens is 1. The third-order valence-electron chi connectivity index (χ3n) is 3.46. The first kappa shape index (κ1) is 12.1. The zero-order chi connectivity index (χ0) is 13.4. The van der Waals surface area contributed by atoms with Gasteiger partial charge in [-0.25, -0.2) is 4.39 Å². The van der Waals surface area contributed by atoms with Gasteiger partial charge < -0.3 is 9.84 Å². The normalized spacial score (nSPS) is 21.6. The van der Waals surface area contributed by atoms with Crippen molar-refractivity contribution in [2.75, 3.05) is 0 Å². The number of hydrogen-bond donors (Lipinski definition) is 1. The van der Waals surface area contributed by atoms with Crippen LogP contribution in [-0.4, -0.2) is 10.1 Å². The highest BCUT2D eigenvalue weighted by molar-refractivity contribution is 5.39. The number of ether oxygens (including phenoxy) is 1. The summed E-state index contributed by atoms with van der Waals surface area (Å²) in [5.74, 6) is 0.172. The Kier molecular flexibility index (Phi) is 2.95. The highest BCUT2D eigenvalue weighted by atomic mass is 19.1. The van der Waals surface area contributed by atoms with Crippen molar-refractivity contribution in [2.24, 2.45) is 0 Å². The number of benzene rings is 1. The van der Waals surface area contributed by atoms with Gasteiger partial charge >= 0.3 is 0 Å². The highest BCUT2D eigenvalue weighted by Gasteiger charge is 2.29. The number of pyridine rings is 1. The first-order valence-corrected chi connectivity index (χ1v) is 6.20. The molecule has 4 heteroatoms. The van der Waals surface area contributed by atoms with E-state index in [1.807, 2.05) is 13.0 Å². The highest BCUT2D eigenvalue weighted by Crippen LogP contribution is 2.41. The molecule has 2 heterocycles. The van der Waals surface area contributed by atoms with Crippen LogP contribution < -0.4 is 4.74 Å². The Labute approximate surface area is 110 Å². The molecule has 0 saturated carbocycles. The summed E-state index contributed by atoms with van der Waals surface area (Å²) in [6, 6.07) is 6.13. The lowest BCUT2D eigenvalue weighted by Crippen LogP contribution is -2.20. The minimum absolute atomic E-state index is 0.248. The number of nitrogens with zero attached hydrogens (tertiary/aromatic N) is 1. The molecule has 1 aromatic carbocycles. The van der Waals surface area contributed by atoms with Crippen molar-refractivity contribution in [2.45, 2.75) is 25.6 Å². The van der Waals surface area contributed by atoms with E-state index in [2.05, 4.69) is 4.98 Å². The Morgan fingerprint density at radius 3 is 2.95 bits per heavy atom. The van der Waals surface area contributed by atoms with Gasteiger partial charge in [0.25, 0.3) is 0 Å². The van der Waals surface area contributed by atoms with Gasteiger partial charge in [0.2, 0.25) is 0 Å². The molecular weight excluding hydrogens is 245 g/mol. The minimum atomic E-state index is -0.718. The second kappa shape index (κ2) is 4.63. The van der Waals surface area contributed by atoms with Gasteiger partial charge in [0.15, 0.2) is 0 Å². The summed E-state index contributed by atoms with van der Waals surface area (Å²) in [6.45, 7) is 1.98. The summed E-state index contributed by atoms with van der Waals surface area (Å²) in [6.07, 6.45) is 2.91. The van der Waals surface area contributed by atoms with E-state index in [1.165, 1.54) is 12.1 Å². The fraction of sp³-hybridized carbons (Fsp3) is 0.267. The zero-order valence-electron chi connectivity index (χ0n) is 10.5. The Balaban J connectivity index is 1.97. The van der Waals surface area contributed by atoms with Crippen LogP contribution >= 0.6 is 0 Å². The minimum Gasteiger partial charge on any atom is -0.485 e. The molecule has 98 valence electrons. The number of aryl methyl sites for hydroxylation is 1. The Hall–Kier alpha value is -1.94. The summed E-state index contributed by atoms with van der Waals surface area (Å²) < 4.78 is 19.0. The molecule has 0 bridgehead atoms. The van der Waals surface area contributed by atoms with E-state index in [0.717, 1.165) is 11.1 Å². The molecule has 3 nitrogen and oxygen atoms in total. The van der Waals surface area contributed by atoms with Crippen LogP contribution in [-0.2, 0) is 0 Å². The topological polar surface area (TPSA) is 42.4 Å². The van der Waals surface area contributed by atoms with Crippen molar-refractivity contribution < 1.29 is 14.2 Å². The fourth-order valence-electron chi connectivity index (χ4n) is 2.42. The van der Waals surface area contributed by atoms with E-state index in [-0.39, 0.29) is 11.9 Å². The molecule has 2 aromatic rings. The van der Waals surface area contributed by atoms with Gasteiger partial charge in [-0.2, -0.15) is 0 Å². The van der Waals surface area contributed by atoms with Gasteiger partial charge in [0.1, 0.15) is 17.7 Å². The number of halogens is 1. The molecule has 1 unspecified atom stereocenters. The summed E-state index contributed by atoms with van der Waals surface area (Å²) in [7, 11) is 0. The average Bonchev–Trinajstić information content (AvgIpc) is 2.40. The summed E-state index contributed by atoms with van der Waals surface area (Å²) in [5.41, 5.74) is 2.53. The predicted octanol–water partition coefficient (Wildman–Crippen LogP) is 3.09. The van der Waals surface area contributed by atoms with Crippen molar-refractivity contribution in [3.05, 3.63) is 59.2 Å². The first-order valence-electron chi connectivity index (χ1n) is 6.20. The average molecular weight is 259 g/mol. The lowest BCUT2D eigenvalue weighted by molar-refractivity contribution is 0.0649. The van der Waals surface area contributed by atoms with Gasteiger partial charge in [-0.15, -0.1) is 0 Å². The maximum atomic E-state index is 13.2. The standard InChI is InChI=1S/C15H14FNO2/c1-9-4-5-17-8-12(9)15-7-13(18)11-6-10(16)2-3-14(11)19-15/h2-6,8,13,15,18H,7H2,1H3/t13-,15?/m0/s1. The van der Waals surface area contributed by atoms with Crippen LogP contribution in [0.3, 0.4) is 0 Å². The van der Waals surface area contributed by atoms with Crippen molar-refractivity contribution in [1.82, 2.24) is 4.98 Å². The maximum absolute atomic E-state index is 13.2. The van der Waals surface area contributed by atoms with Crippen molar-refractivity contribution in [3.8, 4) is 5.75 Å². The van der Waals surface area contributed by atoms with Gasteiger partial charge in [-0.1, -0.05) is 0 Å². The van der Waals surface area contributed by atoms with Gasteiger partial charge in [0.05, 0.1) is 6.10 Å². The molecule has 0 spiro atoms. The number of fused-ring (bicyclic) bond motifs is 1. The molecule has 0 amide bonds. The fourth-order valence-corrected chi connectivity index (χ4v) is 2.42. The van der Waals surface area contributed by atoms with Crippen LogP contribution in [0.5, 0.6) is 5.75 Å². The third kappa shape index (κ3) is 2.19. The van der Waals surface area contributed by atoms with Crippen LogP contribution in [0, 0.1) is 12.7 Å². The van der Waals surface area contributed by atoms with Gasteiger partial charge in [0, 0.05) is 29.9 Å². The summed E-state index contributed by atoms with van der Waals surface area (Å²) in [5, 5.41) is 10.1. The van der Waals surface area contributed by atoms with E-state index in [9.17, 15) is 9.50 Å². The number of hydrogen-bond acceptors (Lipinski definition) is 3. The van der Waals surface area contributed by atoms with E-state index >= 15 is 0 Å². The van der Waals surface area contributed by atoms with Crippen molar-refractivity contribution in [3.63, 3.8) is 0 Å². The molecule has 1 aromatic heterocycles. The van der Waals surface area contributed by atoms with E-state index in [1.54, 1.807) is 18.5 Å². The second-order valence-corrected chi connectivity index (χ2v) is 4.77. The van der Waals surface area contributed by atoms with Gasteiger partial charge in [-0.3, -0.25) is 4.98 Å². The molecule has 0 radical (unpaired) electrons. The van der Waals surface area contributed by atoms with Crippen molar-refractivity contribution >= 4 is 0 Å². The third-order valence-corrected chi connectivity index (χ3v) is 3.46. The lowest BCUT2D eigenvalue weighted by Gasteiger charge is -2.30. The van der Waals surface area contributed by atoms with Crippen LogP contribution in [0.2, 0.25) is 0 Å². The van der Waals surface area contributed by atoms with E-state index in [0.29, 0.717) is 17.7 Å². The lowest BCUT2D eigenvalue weighted by atomic mass is 9.94. The molecule has 1 aliphatic heterocycles. The molecule has 0 saturated heterocycles. The first-order chi connectivity index (χ1) is 9.15. The van der Waals surface area contributed by atoms with E-state index < -0.39 is 6.10 Å². The van der Waals surface area contributed by atoms with Crippen LogP contribution in [0.1, 0.15) is 35.3 Å². The predicted molar refractivity (Wildman–Crippen MR) is 68.3 cm³/mol. The molecule has 1 N–H and O–H groups in total. The van der Waals surface area contributed by atoms with Crippen LogP contribution in [0.4, 0.5) is 4.39 Å². The number of rotatable bonds is 1. The Morgan fingerprint density at radius 2 is 2.16 bits per heavy atom. The summed E-state index contributed by atoms with van der Waals surface area (Å²) >= 11 is 0. The van der Waals surface area contributed by atoms with Crippen LogP contribution in [0.15, 0.2) is 36.7 Å². The Bertz CT molecular complexity index is 615. The molecule has 0 fully saturated rings. The molecule has 3 rings (SSSR count). The maximum Gasteiger partial charge on any atom is 0.128 e. The molecule has 2 atom stereocenters. The van der Waals surface area contributed by atoms with Crippen molar-refractivity contribution in [1.29, 1.82) is 0 Å². The largest absolute Gasteiger partial charge is 0.485 e. The monoisotopic (exact) mass is 259 g/mol. The number of aliphatic hydroxyl groups excluding tert-OH is 1.